The van der Waals surface area contributed by atoms with Crippen LogP contribution < -0.4 is 69.0 Å². The molecule has 4 heteroatoms. The molecular formula is C9H18NO2Rb. The molecule has 0 saturated carbocycles. The molecular weight excluding hydrogens is 240 g/mol. The topological polar surface area (TPSA) is 66.2 Å². The second-order valence-corrected chi connectivity index (χ2v) is 3.60. The normalized spacial score (nSPS) is 14.4. The van der Waals surface area contributed by atoms with E-state index in [-0.39, 0.29) is 70.5 Å². The predicted octanol–water partition coefficient (Wildman–Crippen LogP) is -2.86. The standard InChI is InChI=1S/C9H19NO2.Rb/c1-7(3-4-10)5-8(2)6-9(11)12;/h7-8H,3-6,10H2,1-2H3,(H,11,12);/q;+1/p-1/t7-,8-;/m1./s1. The molecule has 0 heterocycles. The van der Waals surface area contributed by atoms with Crippen molar-refractivity contribution >= 4 is 5.97 Å². The number of nitrogens with two attached hydrogens (primary N) is 1. The van der Waals surface area contributed by atoms with Crippen LogP contribution in [0.1, 0.15) is 33.1 Å². The monoisotopic (exact) mass is 257 g/mol. The van der Waals surface area contributed by atoms with Crippen molar-refractivity contribution < 1.29 is 68.1 Å². The van der Waals surface area contributed by atoms with Gasteiger partial charge < -0.3 is 15.6 Å². The first kappa shape index (κ1) is 16.7. The zero-order valence-corrected chi connectivity index (χ0v) is 13.8. The molecule has 2 N–H and O–H groups in total. The van der Waals surface area contributed by atoms with Crippen LogP contribution in [0.5, 0.6) is 0 Å². The smallest absolute Gasteiger partial charge is 0.550 e. The average Bonchev–Trinajstić information content (AvgIpc) is 1.84. The Morgan fingerprint density at radius 2 is 1.92 bits per heavy atom. The molecule has 0 aliphatic rings. The van der Waals surface area contributed by atoms with Gasteiger partial charge in [0.05, 0.1) is 0 Å². The number of aliphatic carboxylic acids is 1. The summed E-state index contributed by atoms with van der Waals surface area (Å²) in [6.07, 6.45) is 2.05. The van der Waals surface area contributed by atoms with Crippen LogP contribution in [0, 0.1) is 11.8 Å². The number of carbonyl (C=O) groups is 1. The fourth-order valence-corrected chi connectivity index (χ4v) is 1.46. The van der Waals surface area contributed by atoms with Gasteiger partial charge in [-0.05, 0) is 37.6 Å². The Bertz CT molecular complexity index is 142. The second kappa shape index (κ2) is 9.78. The molecule has 0 amide bonds. The van der Waals surface area contributed by atoms with Crippen molar-refractivity contribution in [1.29, 1.82) is 0 Å². The first-order chi connectivity index (χ1) is 5.56. The van der Waals surface area contributed by atoms with Gasteiger partial charge in [-0.2, -0.15) is 0 Å². The Balaban J connectivity index is 0. The van der Waals surface area contributed by atoms with Gasteiger partial charge in [-0.1, -0.05) is 13.8 Å². The summed E-state index contributed by atoms with van der Waals surface area (Å²) in [5.41, 5.74) is 5.38. The van der Waals surface area contributed by atoms with E-state index >= 15 is 0 Å². The zero-order valence-electron chi connectivity index (χ0n) is 8.88. The predicted molar refractivity (Wildman–Crippen MR) is 46.2 cm³/mol. The van der Waals surface area contributed by atoms with Gasteiger partial charge in [-0.15, -0.1) is 0 Å². The van der Waals surface area contributed by atoms with Crippen molar-refractivity contribution in [2.45, 2.75) is 33.1 Å². The van der Waals surface area contributed by atoms with Gasteiger partial charge in [0.15, 0.2) is 0 Å². The van der Waals surface area contributed by atoms with E-state index in [2.05, 4.69) is 6.92 Å². The summed E-state index contributed by atoms with van der Waals surface area (Å²) in [6.45, 7) is 4.71. The zero-order chi connectivity index (χ0) is 9.56. The number of carboxylic acids is 1. The summed E-state index contributed by atoms with van der Waals surface area (Å²) >= 11 is 0. The first-order valence-corrected chi connectivity index (χ1v) is 4.46. The van der Waals surface area contributed by atoms with Crippen molar-refractivity contribution in [1.82, 2.24) is 0 Å². The maximum Gasteiger partial charge on any atom is 1.00 e. The second-order valence-electron chi connectivity index (χ2n) is 3.60. The third-order valence-electron chi connectivity index (χ3n) is 1.98. The van der Waals surface area contributed by atoms with Gasteiger partial charge in [0.1, 0.15) is 0 Å². The summed E-state index contributed by atoms with van der Waals surface area (Å²) in [6, 6.07) is 0. The summed E-state index contributed by atoms with van der Waals surface area (Å²) in [7, 11) is 0. The van der Waals surface area contributed by atoms with Gasteiger partial charge >= 0.3 is 58.2 Å². The van der Waals surface area contributed by atoms with E-state index in [4.69, 9.17) is 5.73 Å². The van der Waals surface area contributed by atoms with Crippen LogP contribution in [0.2, 0.25) is 0 Å². The van der Waals surface area contributed by atoms with Gasteiger partial charge in [0.25, 0.3) is 0 Å². The molecule has 3 nitrogen and oxygen atoms in total. The molecule has 0 bridgehead atoms. The van der Waals surface area contributed by atoms with E-state index in [0.717, 1.165) is 12.8 Å². The molecule has 0 aliphatic heterocycles. The Hall–Kier alpha value is 1.24. The number of carbonyl (C=O) groups excluding carboxylic acids is 1. The van der Waals surface area contributed by atoms with Crippen LogP contribution in [-0.4, -0.2) is 12.5 Å². The third kappa shape index (κ3) is 11.2. The molecule has 0 rings (SSSR count). The van der Waals surface area contributed by atoms with E-state index in [1.165, 1.54) is 0 Å². The molecule has 0 radical (unpaired) electrons. The Morgan fingerprint density at radius 3 is 2.31 bits per heavy atom. The summed E-state index contributed by atoms with van der Waals surface area (Å²) < 4.78 is 0. The van der Waals surface area contributed by atoms with Crippen molar-refractivity contribution in [2.75, 3.05) is 6.54 Å². The van der Waals surface area contributed by atoms with Crippen molar-refractivity contribution in [3.05, 3.63) is 0 Å². The quantitative estimate of drug-likeness (QED) is 0.557. The summed E-state index contributed by atoms with van der Waals surface area (Å²) in [4.78, 5) is 10.2. The van der Waals surface area contributed by atoms with E-state index in [1.54, 1.807) is 0 Å². The minimum Gasteiger partial charge on any atom is -0.550 e. The Kier molecular flexibility index (Phi) is 12.5. The fourth-order valence-electron chi connectivity index (χ4n) is 1.46. The summed E-state index contributed by atoms with van der Waals surface area (Å²) in [5, 5.41) is 10.2. The van der Waals surface area contributed by atoms with Crippen LogP contribution in [0.4, 0.5) is 0 Å². The van der Waals surface area contributed by atoms with Crippen LogP contribution in [0.15, 0.2) is 0 Å². The number of carboxylic acid groups (broad SMARTS) is 1. The van der Waals surface area contributed by atoms with E-state index in [0.29, 0.717) is 12.5 Å². The minimum absolute atomic E-state index is 0. The van der Waals surface area contributed by atoms with E-state index in [9.17, 15) is 9.90 Å². The molecule has 0 fully saturated rings. The van der Waals surface area contributed by atoms with E-state index in [1.807, 2.05) is 6.92 Å². The molecule has 0 spiro atoms. The first-order valence-electron chi connectivity index (χ1n) is 4.46. The van der Waals surface area contributed by atoms with Gasteiger partial charge in [-0.3, -0.25) is 0 Å². The number of hydrogen-bond acceptors (Lipinski definition) is 3. The number of hydrogen-bond donors (Lipinski definition) is 1. The van der Waals surface area contributed by atoms with E-state index < -0.39 is 5.97 Å². The molecule has 72 valence electrons. The molecule has 2 atom stereocenters. The molecule has 0 saturated heterocycles. The van der Waals surface area contributed by atoms with Crippen LogP contribution in [-0.2, 0) is 4.79 Å². The molecule has 0 aliphatic carbocycles. The van der Waals surface area contributed by atoms with Crippen LogP contribution >= 0.6 is 0 Å². The third-order valence-corrected chi connectivity index (χ3v) is 1.98. The van der Waals surface area contributed by atoms with Gasteiger partial charge in [-0.25, -0.2) is 0 Å². The van der Waals surface area contributed by atoms with Crippen LogP contribution in [0.3, 0.4) is 0 Å². The fraction of sp³-hybridized carbons (Fsp3) is 0.889. The van der Waals surface area contributed by atoms with Gasteiger partial charge in [0, 0.05) is 5.97 Å². The minimum atomic E-state index is -0.956. The Morgan fingerprint density at radius 1 is 1.38 bits per heavy atom. The van der Waals surface area contributed by atoms with Crippen LogP contribution in [0.25, 0.3) is 0 Å². The van der Waals surface area contributed by atoms with Gasteiger partial charge in [0.2, 0.25) is 0 Å². The SMILES string of the molecule is C[C@H](CCN)C[C@@H](C)CC(=O)[O-].[Rb+]. The van der Waals surface area contributed by atoms with Crippen molar-refractivity contribution in [2.24, 2.45) is 17.6 Å². The number of rotatable bonds is 6. The molecule has 0 unspecified atom stereocenters. The average molecular weight is 258 g/mol. The Labute approximate surface area is 129 Å². The molecule has 0 aromatic heterocycles. The molecule has 13 heavy (non-hydrogen) atoms. The maximum atomic E-state index is 10.2. The maximum absolute atomic E-state index is 10.2. The largest absolute Gasteiger partial charge is 1.00 e. The molecule has 0 aromatic rings. The van der Waals surface area contributed by atoms with Crippen molar-refractivity contribution in [3.8, 4) is 0 Å². The molecule has 0 aromatic carbocycles. The summed E-state index contributed by atoms with van der Waals surface area (Å²) in [5.74, 6) is -0.233. The van der Waals surface area contributed by atoms with Crippen molar-refractivity contribution in [3.63, 3.8) is 0 Å².